The lowest BCUT2D eigenvalue weighted by Crippen LogP contribution is -2.47. The van der Waals surface area contributed by atoms with Crippen molar-refractivity contribution < 1.29 is 4.74 Å². The van der Waals surface area contributed by atoms with E-state index in [1.165, 1.54) is 0 Å². The van der Waals surface area contributed by atoms with E-state index in [2.05, 4.69) is 50.9 Å². The van der Waals surface area contributed by atoms with Crippen LogP contribution in [-0.4, -0.2) is 61.6 Å². The number of ether oxygens (including phenoxy) is 1. The Morgan fingerprint density at radius 2 is 1.67 bits per heavy atom. The molecule has 0 aliphatic carbocycles. The van der Waals surface area contributed by atoms with Crippen LogP contribution in [-0.2, 0) is 0 Å². The Hall–Kier alpha value is -2.57. The molecule has 0 saturated carbocycles. The number of rotatable bonds is 8. The minimum Gasteiger partial charge on any atom is -0.495 e. The zero-order valence-electron chi connectivity index (χ0n) is 16.6. The summed E-state index contributed by atoms with van der Waals surface area (Å²) >= 11 is 0. The third-order valence-electron chi connectivity index (χ3n) is 4.83. The first-order valence-corrected chi connectivity index (χ1v) is 9.84. The maximum Gasteiger partial charge on any atom is 0.247 e. The second-order valence-electron chi connectivity index (χ2n) is 6.75. The molecule has 0 amide bonds. The summed E-state index contributed by atoms with van der Waals surface area (Å²) in [7, 11) is 1.72. The van der Waals surface area contributed by atoms with Crippen molar-refractivity contribution in [3.05, 3.63) is 30.5 Å². The van der Waals surface area contributed by atoms with E-state index in [0.717, 1.165) is 75.3 Å². The number of para-hydroxylation sites is 2. The van der Waals surface area contributed by atoms with Gasteiger partial charge < -0.3 is 19.4 Å². The number of benzene rings is 1. The predicted molar refractivity (Wildman–Crippen MR) is 110 cm³/mol. The van der Waals surface area contributed by atoms with E-state index in [4.69, 9.17) is 9.72 Å². The maximum absolute atomic E-state index is 5.51. The highest BCUT2D eigenvalue weighted by Crippen LogP contribution is 2.29. The molecule has 0 spiro atoms. The molecule has 1 aromatic heterocycles. The number of aromatic nitrogens is 3. The zero-order chi connectivity index (χ0) is 19.1. The number of piperazine rings is 1. The van der Waals surface area contributed by atoms with E-state index < -0.39 is 0 Å². The van der Waals surface area contributed by atoms with Gasteiger partial charge in [0.15, 0.2) is 5.82 Å². The Morgan fingerprint density at radius 1 is 1.00 bits per heavy atom. The molecule has 27 heavy (non-hydrogen) atoms. The van der Waals surface area contributed by atoms with Gasteiger partial charge in [0.25, 0.3) is 0 Å². The third-order valence-corrected chi connectivity index (χ3v) is 4.83. The van der Waals surface area contributed by atoms with Crippen molar-refractivity contribution in [1.82, 2.24) is 15.2 Å². The highest BCUT2D eigenvalue weighted by molar-refractivity contribution is 5.59. The van der Waals surface area contributed by atoms with E-state index in [9.17, 15) is 0 Å². The monoisotopic (exact) mass is 370 g/mol. The Kier molecular flexibility index (Phi) is 6.68. The summed E-state index contributed by atoms with van der Waals surface area (Å²) in [6.07, 6.45) is 3.93. The number of methoxy groups -OCH3 is 1. The van der Waals surface area contributed by atoms with Gasteiger partial charge in [0, 0.05) is 39.3 Å². The molecule has 0 atom stereocenters. The van der Waals surface area contributed by atoms with Crippen LogP contribution in [0.25, 0.3) is 0 Å². The topological polar surface area (TPSA) is 57.6 Å². The zero-order valence-corrected chi connectivity index (χ0v) is 16.6. The quantitative estimate of drug-likeness (QED) is 0.708. The molecular formula is C20H30N6O. The van der Waals surface area contributed by atoms with Crippen molar-refractivity contribution in [2.75, 3.05) is 61.1 Å². The molecule has 2 heterocycles. The summed E-state index contributed by atoms with van der Waals surface area (Å²) in [6.45, 7) is 9.92. The van der Waals surface area contributed by atoms with Gasteiger partial charge in [-0.25, -0.2) is 0 Å². The Bertz CT molecular complexity index is 711. The van der Waals surface area contributed by atoms with Crippen molar-refractivity contribution >= 4 is 17.5 Å². The van der Waals surface area contributed by atoms with Crippen LogP contribution in [0.3, 0.4) is 0 Å². The highest BCUT2D eigenvalue weighted by atomic mass is 16.5. The largest absolute Gasteiger partial charge is 0.495 e. The number of hydrogen-bond acceptors (Lipinski definition) is 7. The van der Waals surface area contributed by atoms with E-state index >= 15 is 0 Å². The molecule has 1 aliphatic heterocycles. The van der Waals surface area contributed by atoms with Gasteiger partial charge in [-0.05, 0) is 25.0 Å². The summed E-state index contributed by atoms with van der Waals surface area (Å²) < 4.78 is 5.51. The first kappa shape index (κ1) is 19.2. The fourth-order valence-corrected chi connectivity index (χ4v) is 3.49. The average molecular weight is 371 g/mol. The fourth-order valence-electron chi connectivity index (χ4n) is 3.49. The van der Waals surface area contributed by atoms with Crippen LogP contribution < -0.4 is 19.4 Å². The summed E-state index contributed by atoms with van der Waals surface area (Å²) in [5, 5.41) is 8.49. The van der Waals surface area contributed by atoms with Crippen molar-refractivity contribution in [3.63, 3.8) is 0 Å². The average Bonchev–Trinajstić information content (AvgIpc) is 2.74. The predicted octanol–water partition coefficient (Wildman–Crippen LogP) is 2.83. The van der Waals surface area contributed by atoms with Gasteiger partial charge in [0.2, 0.25) is 5.95 Å². The van der Waals surface area contributed by atoms with Crippen LogP contribution in [0.1, 0.15) is 26.7 Å². The minimum atomic E-state index is 0.739. The summed E-state index contributed by atoms with van der Waals surface area (Å²) in [6, 6.07) is 8.19. The molecular weight excluding hydrogens is 340 g/mol. The van der Waals surface area contributed by atoms with E-state index in [0.29, 0.717) is 0 Å². The third kappa shape index (κ3) is 4.59. The van der Waals surface area contributed by atoms with E-state index in [-0.39, 0.29) is 0 Å². The molecule has 3 rings (SSSR count). The van der Waals surface area contributed by atoms with E-state index in [1.54, 1.807) is 13.3 Å². The summed E-state index contributed by atoms with van der Waals surface area (Å²) in [5.41, 5.74) is 1.15. The number of nitrogens with zero attached hydrogens (tertiary/aromatic N) is 6. The van der Waals surface area contributed by atoms with Crippen LogP contribution in [0.15, 0.2) is 30.5 Å². The van der Waals surface area contributed by atoms with Gasteiger partial charge >= 0.3 is 0 Å². The lowest BCUT2D eigenvalue weighted by molar-refractivity contribution is 0.413. The van der Waals surface area contributed by atoms with Gasteiger partial charge in [0.05, 0.1) is 19.0 Å². The van der Waals surface area contributed by atoms with Crippen LogP contribution >= 0.6 is 0 Å². The minimum absolute atomic E-state index is 0.739. The molecule has 0 bridgehead atoms. The second kappa shape index (κ2) is 9.39. The molecule has 7 nitrogen and oxygen atoms in total. The van der Waals surface area contributed by atoms with Gasteiger partial charge in [-0.1, -0.05) is 26.0 Å². The Balaban J connectivity index is 1.68. The molecule has 1 fully saturated rings. The maximum atomic E-state index is 5.51. The number of hydrogen-bond donors (Lipinski definition) is 0. The van der Waals surface area contributed by atoms with Gasteiger partial charge in [-0.3, -0.25) is 0 Å². The van der Waals surface area contributed by atoms with Crippen LogP contribution in [0.4, 0.5) is 17.5 Å². The van der Waals surface area contributed by atoms with Crippen molar-refractivity contribution in [2.24, 2.45) is 0 Å². The molecule has 1 saturated heterocycles. The SMILES string of the molecule is CCCN(CCC)c1nncc(N2CCN(c3ccccc3OC)CC2)n1. The lowest BCUT2D eigenvalue weighted by atomic mass is 10.2. The van der Waals surface area contributed by atoms with Gasteiger partial charge in [-0.15, -0.1) is 5.10 Å². The highest BCUT2D eigenvalue weighted by Gasteiger charge is 2.21. The van der Waals surface area contributed by atoms with Crippen molar-refractivity contribution in [1.29, 1.82) is 0 Å². The van der Waals surface area contributed by atoms with Crippen molar-refractivity contribution in [3.8, 4) is 5.75 Å². The lowest BCUT2D eigenvalue weighted by Gasteiger charge is -2.37. The second-order valence-corrected chi connectivity index (χ2v) is 6.75. The first-order valence-electron chi connectivity index (χ1n) is 9.84. The van der Waals surface area contributed by atoms with Gasteiger partial charge in [0.1, 0.15) is 5.75 Å². The van der Waals surface area contributed by atoms with Crippen LogP contribution in [0, 0.1) is 0 Å². The summed E-state index contributed by atoms with van der Waals surface area (Å²) in [5.74, 6) is 2.58. The Morgan fingerprint density at radius 3 is 2.33 bits per heavy atom. The van der Waals surface area contributed by atoms with Crippen LogP contribution in [0.2, 0.25) is 0 Å². The van der Waals surface area contributed by atoms with Crippen LogP contribution in [0.5, 0.6) is 5.75 Å². The van der Waals surface area contributed by atoms with Gasteiger partial charge in [-0.2, -0.15) is 10.1 Å². The molecule has 0 radical (unpaired) electrons. The summed E-state index contributed by atoms with van der Waals surface area (Å²) in [4.78, 5) is 11.7. The Labute approximate surface area is 162 Å². The molecule has 1 aromatic carbocycles. The first-order chi connectivity index (χ1) is 13.3. The molecule has 2 aromatic rings. The van der Waals surface area contributed by atoms with E-state index in [1.807, 2.05) is 12.1 Å². The fraction of sp³-hybridized carbons (Fsp3) is 0.550. The molecule has 1 aliphatic rings. The molecule has 7 heteroatoms. The molecule has 146 valence electrons. The molecule has 0 N–H and O–H groups in total. The normalized spacial score (nSPS) is 14.3. The number of anilines is 3. The molecule has 0 unspecified atom stereocenters. The van der Waals surface area contributed by atoms with Crippen molar-refractivity contribution in [2.45, 2.75) is 26.7 Å². The standard InChI is InChI=1S/C20H30N6O/c1-4-10-26(11-5-2)20-22-19(16-21-23-20)25-14-12-24(13-15-25)17-8-6-7-9-18(17)27-3/h6-9,16H,4-5,10-15H2,1-3H3. The smallest absolute Gasteiger partial charge is 0.247 e.